The molecular formula is C24H31N7OS. The van der Waals surface area contributed by atoms with Crippen LogP contribution in [0, 0.1) is 13.8 Å². The van der Waals surface area contributed by atoms with Crippen LogP contribution in [-0.2, 0) is 0 Å². The molecule has 5 heterocycles. The number of carbonyl (C=O) groups is 1. The number of piperidine rings is 1. The van der Waals surface area contributed by atoms with Gasteiger partial charge in [0, 0.05) is 36.5 Å². The Bertz CT molecular complexity index is 1340. The van der Waals surface area contributed by atoms with Crippen LogP contribution < -0.4 is 0 Å². The average molecular weight is 466 g/mol. The van der Waals surface area contributed by atoms with Crippen molar-refractivity contribution in [1.82, 2.24) is 34.4 Å². The molecule has 4 aromatic rings. The number of aryl methyl sites for hydroxylation is 1. The minimum Gasteiger partial charge on any atom is -0.345 e. The summed E-state index contributed by atoms with van der Waals surface area (Å²) < 4.78 is 1.83. The molecule has 33 heavy (non-hydrogen) atoms. The number of hydrogen-bond acceptors (Lipinski definition) is 6. The lowest BCUT2D eigenvalue weighted by Crippen LogP contribution is -2.44. The second kappa shape index (κ2) is 8.22. The summed E-state index contributed by atoms with van der Waals surface area (Å²) in [6, 6.07) is 0.545. The van der Waals surface area contributed by atoms with E-state index in [1.165, 1.54) is 16.9 Å². The summed E-state index contributed by atoms with van der Waals surface area (Å²) in [6.07, 6.45) is 5.63. The first kappa shape index (κ1) is 22.0. The molecule has 5 rings (SSSR count). The molecule has 1 fully saturated rings. The van der Waals surface area contributed by atoms with Crippen LogP contribution >= 0.6 is 11.3 Å². The van der Waals surface area contributed by atoms with Gasteiger partial charge in [-0.3, -0.25) is 4.79 Å². The quantitative estimate of drug-likeness (QED) is 0.487. The van der Waals surface area contributed by atoms with Gasteiger partial charge in [0.05, 0.1) is 5.69 Å². The standard InChI is InChI=1S/C24H31N7OS/c1-13(2)18-19(17-11-31-21(25-12-26-31)15(4)14(17)3)27-22-20(18)28-23(33-22)24(32)30-9-7-16(8-10-30)29(5)6/h11-13,16,27H,7-10H2,1-6H3. The van der Waals surface area contributed by atoms with Gasteiger partial charge in [0.1, 0.15) is 16.7 Å². The van der Waals surface area contributed by atoms with Crippen LogP contribution in [0.5, 0.6) is 0 Å². The summed E-state index contributed by atoms with van der Waals surface area (Å²) in [5.74, 6) is 0.301. The highest BCUT2D eigenvalue weighted by Crippen LogP contribution is 2.39. The molecule has 1 amide bonds. The first-order valence-corrected chi connectivity index (χ1v) is 12.4. The first-order chi connectivity index (χ1) is 15.8. The monoisotopic (exact) mass is 465 g/mol. The minimum atomic E-state index is 0.0501. The molecule has 1 aliphatic heterocycles. The Kier molecular flexibility index (Phi) is 5.49. The summed E-state index contributed by atoms with van der Waals surface area (Å²) in [5, 5.41) is 4.93. The Balaban J connectivity index is 1.52. The van der Waals surface area contributed by atoms with Crippen LogP contribution in [-0.4, -0.2) is 73.5 Å². The zero-order valence-corrected chi connectivity index (χ0v) is 21.0. The second-order valence-corrected chi connectivity index (χ2v) is 10.6. The molecule has 0 unspecified atom stereocenters. The van der Waals surface area contributed by atoms with Crippen LogP contribution in [0.25, 0.3) is 27.3 Å². The highest BCUT2D eigenvalue weighted by atomic mass is 32.1. The fourth-order valence-corrected chi connectivity index (χ4v) is 5.88. The molecule has 0 aliphatic carbocycles. The lowest BCUT2D eigenvalue weighted by atomic mass is 9.96. The van der Waals surface area contributed by atoms with E-state index >= 15 is 0 Å². The molecule has 0 radical (unpaired) electrons. The fraction of sp³-hybridized carbons (Fsp3) is 0.500. The lowest BCUT2D eigenvalue weighted by molar-refractivity contribution is 0.0663. The Morgan fingerprint density at radius 2 is 1.94 bits per heavy atom. The van der Waals surface area contributed by atoms with Crippen molar-refractivity contribution in [3.63, 3.8) is 0 Å². The maximum absolute atomic E-state index is 13.2. The highest BCUT2D eigenvalue weighted by Gasteiger charge is 2.29. The van der Waals surface area contributed by atoms with Gasteiger partial charge < -0.3 is 14.8 Å². The summed E-state index contributed by atoms with van der Waals surface area (Å²) in [7, 11) is 4.22. The second-order valence-electron chi connectivity index (χ2n) is 9.57. The van der Waals surface area contributed by atoms with Crippen LogP contribution in [0.3, 0.4) is 0 Å². The van der Waals surface area contributed by atoms with Crippen molar-refractivity contribution in [2.75, 3.05) is 27.2 Å². The highest BCUT2D eigenvalue weighted by molar-refractivity contribution is 7.20. The number of carbonyl (C=O) groups excluding carboxylic acids is 1. The number of pyridine rings is 1. The van der Waals surface area contributed by atoms with Crippen LogP contribution in [0.2, 0.25) is 0 Å². The Morgan fingerprint density at radius 3 is 2.61 bits per heavy atom. The molecule has 1 aliphatic rings. The van der Waals surface area contributed by atoms with Crippen LogP contribution in [0.15, 0.2) is 12.5 Å². The summed E-state index contributed by atoms with van der Waals surface area (Å²) in [4.78, 5) is 31.2. The van der Waals surface area contributed by atoms with E-state index in [4.69, 9.17) is 4.98 Å². The van der Waals surface area contributed by atoms with Crippen molar-refractivity contribution >= 4 is 33.2 Å². The van der Waals surface area contributed by atoms with Gasteiger partial charge >= 0.3 is 0 Å². The number of nitrogens with one attached hydrogen (secondary N) is 1. The number of likely N-dealkylation sites (tertiary alicyclic amines) is 1. The Labute approximate surface area is 197 Å². The van der Waals surface area contributed by atoms with E-state index in [2.05, 4.69) is 61.8 Å². The molecule has 8 nitrogen and oxygen atoms in total. The van der Waals surface area contributed by atoms with E-state index in [-0.39, 0.29) is 11.8 Å². The largest absolute Gasteiger partial charge is 0.345 e. The van der Waals surface area contributed by atoms with E-state index < -0.39 is 0 Å². The topological polar surface area (TPSA) is 82.4 Å². The van der Waals surface area contributed by atoms with Gasteiger partial charge in [-0.05, 0) is 57.8 Å². The number of nitrogens with zero attached hydrogens (tertiary/aromatic N) is 6. The molecule has 4 aromatic heterocycles. The number of hydrogen-bond donors (Lipinski definition) is 1. The number of amides is 1. The van der Waals surface area contributed by atoms with Crippen molar-refractivity contribution in [3.8, 4) is 11.3 Å². The molecule has 1 N–H and O–H groups in total. The van der Waals surface area contributed by atoms with Crippen LogP contribution in [0.1, 0.15) is 59.1 Å². The number of aromatic nitrogens is 5. The van der Waals surface area contributed by atoms with E-state index in [9.17, 15) is 4.79 Å². The van der Waals surface area contributed by atoms with Crippen molar-refractivity contribution in [1.29, 1.82) is 0 Å². The summed E-state index contributed by atoms with van der Waals surface area (Å²) >= 11 is 1.47. The van der Waals surface area contributed by atoms with E-state index in [0.717, 1.165) is 64.3 Å². The molecule has 174 valence electrons. The molecule has 1 saturated heterocycles. The third-order valence-corrected chi connectivity index (χ3v) is 7.99. The minimum absolute atomic E-state index is 0.0501. The van der Waals surface area contributed by atoms with Crippen molar-refractivity contribution in [3.05, 3.63) is 34.2 Å². The smallest absolute Gasteiger partial charge is 0.282 e. The zero-order valence-electron chi connectivity index (χ0n) is 20.1. The predicted octanol–water partition coefficient (Wildman–Crippen LogP) is 4.24. The fourth-order valence-electron chi connectivity index (χ4n) is 4.93. The van der Waals surface area contributed by atoms with Crippen molar-refractivity contribution < 1.29 is 4.79 Å². The maximum atomic E-state index is 13.2. The third kappa shape index (κ3) is 3.63. The van der Waals surface area contributed by atoms with Crippen LogP contribution in [0.4, 0.5) is 0 Å². The zero-order chi connectivity index (χ0) is 23.4. The van der Waals surface area contributed by atoms with E-state index in [0.29, 0.717) is 11.0 Å². The van der Waals surface area contributed by atoms with Gasteiger partial charge in [-0.25, -0.2) is 14.5 Å². The molecule has 0 spiro atoms. The Morgan fingerprint density at radius 1 is 1.21 bits per heavy atom. The first-order valence-electron chi connectivity index (χ1n) is 11.5. The van der Waals surface area contributed by atoms with E-state index in [1.807, 2.05) is 15.6 Å². The molecule has 0 aromatic carbocycles. The van der Waals surface area contributed by atoms with Crippen molar-refractivity contribution in [2.45, 2.75) is 52.5 Å². The van der Waals surface area contributed by atoms with Gasteiger partial charge in [-0.2, -0.15) is 5.10 Å². The van der Waals surface area contributed by atoms with Gasteiger partial charge in [0.2, 0.25) is 0 Å². The number of thiazole rings is 1. The van der Waals surface area contributed by atoms with Gasteiger partial charge in [0.15, 0.2) is 10.7 Å². The molecule has 0 atom stereocenters. The van der Waals surface area contributed by atoms with Gasteiger partial charge in [-0.1, -0.05) is 25.2 Å². The molecule has 9 heteroatoms. The molecular weight excluding hydrogens is 434 g/mol. The third-order valence-electron chi connectivity index (χ3n) is 7.03. The molecule has 0 bridgehead atoms. The number of fused-ring (bicyclic) bond motifs is 2. The van der Waals surface area contributed by atoms with Crippen molar-refractivity contribution in [2.24, 2.45) is 0 Å². The molecule has 0 saturated carbocycles. The van der Waals surface area contributed by atoms with Gasteiger partial charge in [-0.15, -0.1) is 0 Å². The average Bonchev–Trinajstić information content (AvgIpc) is 3.49. The Hall–Kier alpha value is -2.78. The number of rotatable bonds is 4. The maximum Gasteiger partial charge on any atom is 0.282 e. The lowest BCUT2D eigenvalue weighted by Gasteiger charge is -2.34. The summed E-state index contributed by atoms with van der Waals surface area (Å²) in [6.45, 7) is 10.1. The number of H-pyrrole nitrogens is 1. The normalized spacial score (nSPS) is 15.6. The van der Waals surface area contributed by atoms with Gasteiger partial charge in [0.25, 0.3) is 5.91 Å². The van der Waals surface area contributed by atoms with E-state index in [1.54, 1.807) is 6.33 Å². The number of aromatic amines is 1. The SMILES string of the molecule is Cc1c(-c2[nH]c3sc(C(=O)N4CCC(N(C)C)CC4)nc3c2C(C)C)cn2ncnc2c1C. The summed E-state index contributed by atoms with van der Waals surface area (Å²) in [5.41, 5.74) is 7.37. The predicted molar refractivity (Wildman–Crippen MR) is 132 cm³/mol.